The van der Waals surface area contributed by atoms with Gasteiger partial charge >= 0.3 is 6.03 Å². The van der Waals surface area contributed by atoms with Crippen molar-refractivity contribution in [3.63, 3.8) is 0 Å². The van der Waals surface area contributed by atoms with Gasteiger partial charge < -0.3 is 5.32 Å². The number of nitrogens with zero attached hydrogens (tertiary/aromatic N) is 1. The summed E-state index contributed by atoms with van der Waals surface area (Å²) in [6, 6.07) is 9.43. The molecule has 17 heavy (non-hydrogen) atoms. The lowest BCUT2D eigenvalue weighted by molar-refractivity contribution is -0.126. The Bertz CT molecular complexity index is 422. The molecule has 0 radical (unpaired) electrons. The maximum Gasteiger partial charge on any atom is 0.324 e. The van der Waals surface area contributed by atoms with Crippen LogP contribution in [0.15, 0.2) is 35.2 Å². The SMILES string of the molecule is C[C@@H](Sc1ccccc1)C(=O)N1CCNC1=O. The predicted molar refractivity (Wildman–Crippen MR) is 66.9 cm³/mol. The molecule has 1 heterocycles. The molecule has 5 heteroatoms. The quantitative estimate of drug-likeness (QED) is 0.831. The van der Waals surface area contributed by atoms with Crippen molar-refractivity contribution in [3.8, 4) is 0 Å². The zero-order valence-corrected chi connectivity index (χ0v) is 10.4. The second kappa shape index (κ2) is 5.23. The fraction of sp³-hybridized carbons (Fsp3) is 0.333. The molecule has 1 aromatic carbocycles. The van der Waals surface area contributed by atoms with Gasteiger partial charge in [0.05, 0.1) is 5.25 Å². The van der Waals surface area contributed by atoms with E-state index in [2.05, 4.69) is 5.32 Å². The Morgan fingerprint density at radius 3 is 2.71 bits per heavy atom. The molecule has 1 saturated heterocycles. The first-order valence-electron chi connectivity index (χ1n) is 5.49. The number of hydrogen-bond donors (Lipinski definition) is 1. The number of benzene rings is 1. The van der Waals surface area contributed by atoms with Crippen molar-refractivity contribution >= 4 is 23.7 Å². The highest BCUT2D eigenvalue weighted by molar-refractivity contribution is 8.00. The molecule has 1 fully saturated rings. The topological polar surface area (TPSA) is 49.4 Å². The number of hydrogen-bond acceptors (Lipinski definition) is 3. The molecule has 0 saturated carbocycles. The van der Waals surface area contributed by atoms with Crippen LogP contribution in [0.2, 0.25) is 0 Å². The molecule has 0 bridgehead atoms. The Morgan fingerprint density at radius 1 is 1.41 bits per heavy atom. The van der Waals surface area contributed by atoms with Crippen LogP contribution >= 0.6 is 11.8 Å². The van der Waals surface area contributed by atoms with Crippen LogP contribution in [0, 0.1) is 0 Å². The molecular weight excluding hydrogens is 236 g/mol. The predicted octanol–water partition coefficient (Wildman–Crippen LogP) is 1.72. The minimum Gasteiger partial charge on any atom is -0.336 e. The Kier molecular flexibility index (Phi) is 3.68. The monoisotopic (exact) mass is 250 g/mol. The van der Waals surface area contributed by atoms with E-state index in [1.54, 1.807) is 0 Å². The molecule has 1 aromatic rings. The highest BCUT2D eigenvalue weighted by atomic mass is 32.2. The summed E-state index contributed by atoms with van der Waals surface area (Å²) in [7, 11) is 0. The minimum absolute atomic E-state index is 0.131. The molecule has 1 aliphatic rings. The van der Waals surface area contributed by atoms with Crippen molar-refractivity contribution in [1.29, 1.82) is 0 Å². The maximum absolute atomic E-state index is 12.0. The Morgan fingerprint density at radius 2 is 2.12 bits per heavy atom. The molecule has 1 atom stereocenters. The van der Waals surface area contributed by atoms with Crippen LogP contribution in [0.25, 0.3) is 0 Å². The van der Waals surface area contributed by atoms with Crippen molar-refractivity contribution < 1.29 is 9.59 Å². The summed E-state index contributed by atoms with van der Waals surface area (Å²) < 4.78 is 0. The van der Waals surface area contributed by atoms with E-state index in [4.69, 9.17) is 0 Å². The first-order valence-corrected chi connectivity index (χ1v) is 6.37. The van der Waals surface area contributed by atoms with Gasteiger partial charge in [0.1, 0.15) is 0 Å². The number of carbonyl (C=O) groups is 2. The van der Waals surface area contributed by atoms with Crippen LogP contribution in [0.4, 0.5) is 4.79 Å². The zero-order chi connectivity index (χ0) is 12.3. The summed E-state index contributed by atoms with van der Waals surface area (Å²) in [5, 5.41) is 2.38. The minimum atomic E-state index is -0.282. The molecule has 0 aromatic heterocycles. The van der Waals surface area contributed by atoms with E-state index >= 15 is 0 Å². The van der Waals surface area contributed by atoms with Gasteiger partial charge in [-0.15, -0.1) is 11.8 Å². The fourth-order valence-corrected chi connectivity index (χ4v) is 2.61. The summed E-state index contributed by atoms with van der Waals surface area (Å²) in [5.41, 5.74) is 0. The first-order chi connectivity index (χ1) is 8.18. The van der Waals surface area contributed by atoms with Gasteiger partial charge in [-0.05, 0) is 19.1 Å². The van der Waals surface area contributed by atoms with Gasteiger partial charge in [-0.3, -0.25) is 9.69 Å². The molecule has 1 aliphatic heterocycles. The fourth-order valence-electron chi connectivity index (χ4n) is 1.65. The molecule has 0 aliphatic carbocycles. The normalized spacial score (nSPS) is 16.8. The first kappa shape index (κ1) is 12.0. The van der Waals surface area contributed by atoms with E-state index in [0.29, 0.717) is 13.1 Å². The maximum atomic E-state index is 12.0. The third-order valence-corrected chi connectivity index (χ3v) is 3.63. The summed E-state index contributed by atoms with van der Waals surface area (Å²) in [5.74, 6) is -0.131. The second-order valence-corrected chi connectivity index (χ2v) is 5.21. The van der Waals surface area contributed by atoms with E-state index in [-0.39, 0.29) is 17.2 Å². The lowest BCUT2D eigenvalue weighted by Gasteiger charge is -2.17. The van der Waals surface area contributed by atoms with Crippen LogP contribution in [0.5, 0.6) is 0 Å². The Hall–Kier alpha value is -1.49. The summed E-state index contributed by atoms with van der Waals surface area (Å²) in [6.45, 7) is 2.84. The number of amides is 3. The molecular formula is C12H14N2O2S. The van der Waals surface area contributed by atoms with E-state index < -0.39 is 0 Å². The van der Waals surface area contributed by atoms with Crippen LogP contribution in [0.3, 0.4) is 0 Å². The summed E-state index contributed by atoms with van der Waals surface area (Å²) in [6.07, 6.45) is 0. The summed E-state index contributed by atoms with van der Waals surface area (Å²) in [4.78, 5) is 25.7. The molecule has 0 spiro atoms. The number of thioether (sulfide) groups is 1. The third-order valence-electron chi connectivity index (χ3n) is 2.53. The number of rotatable bonds is 3. The molecule has 4 nitrogen and oxygen atoms in total. The van der Waals surface area contributed by atoms with Gasteiger partial charge in [-0.1, -0.05) is 18.2 Å². The average Bonchev–Trinajstić information content (AvgIpc) is 2.76. The number of imide groups is 1. The van der Waals surface area contributed by atoms with Gasteiger partial charge in [-0.25, -0.2) is 4.79 Å². The van der Waals surface area contributed by atoms with Gasteiger partial charge in [0.15, 0.2) is 0 Å². The molecule has 1 N–H and O–H groups in total. The summed E-state index contributed by atoms with van der Waals surface area (Å²) >= 11 is 1.47. The molecule has 2 rings (SSSR count). The van der Waals surface area contributed by atoms with Gasteiger partial charge in [0, 0.05) is 18.0 Å². The van der Waals surface area contributed by atoms with E-state index in [0.717, 1.165) is 4.90 Å². The lowest BCUT2D eigenvalue weighted by Crippen LogP contribution is -2.38. The van der Waals surface area contributed by atoms with Crippen molar-refractivity contribution in [3.05, 3.63) is 30.3 Å². The van der Waals surface area contributed by atoms with E-state index in [1.165, 1.54) is 16.7 Å². The largest absolute Gasteiger partial charge is 0.336 e. The lowest BCUT2D eigenvalue weighted by atomic mass is 10.4. The Labute approximate surface area is 104 Å². The van der Waals surface area contributed by atoms with Crippen molar-refractivity contribution in [2.45, 2.75) is 17.1 Å². The van der Waals surface area contributed by atoms with Crippen LogP contribution in [-0.4, -0.2) is 35.2 Å². The Balaban J connectivity index is 1.98. The van der Waals surface area contributed by atoms with Gasteiger partial charge in [-0.2, -0.15) is 0 Å². The smallest absolute Gasteiger partial charge is 0.324 e. The highest BCUT2D eigenvalue weighted by Crippen LogP contribution is 2.24. The van der Waals surface area contributed by atoms with Crippen LogP contribution < -0.4 is 5.32 Å². The standard InChI is InChI=1S/C12H14N2O2S/c1-9(17-10-5-3-2-4-6-10)11(15)14-8-7-13-12(14)16/h2-6,9H,7-8H2,1H3,(H,13,16)/t9-/m1/s1. The van der Waals surface area contributed by atoms with Gasteiger partial charge in [0.25, 0.3) is 0 Å². The third kappa shape index (κ3) is 2.79. The second-order valence-electron chi connectivity index (χ2n) is 3.79. The van der Waals surface area contributed by atoms with E-state index in [1.807, 2.05) is 37.3 Å². The number of urea groups is 1. The van der Waals surface area contributed by atoms with Crippen molar-refractivity contribution in [1.82, 2.24) is 10.2 Å². The highest BCUT2D eigenvalue weighted by Gasteiger charge is 2.29. The van der Waals surface area contributed by atoms with Crippen molar-refractivity contribution in [2.24, 2.45) is 0 Å². The molecule has 0 unspecified atom stereocenters. The van der Waals surface area contributed by atoms with Gasteiger partial charge in [0.2, 0.25) is 5.91 Å². The average molecular weight is 250 g/mol. The zero-order valence-electron chi connectivity index (χ0n) is 9.55. The number of carbonyl (C=O) groups excluding carboxylic acids is 2. The molecule has 90 valence electrons. The number of nitrogens with one attached hydrogen (secondary N) is 1. The molecule has 3 amide bonds. The van der Waals surface area contributed by atoms with Crippen LogP contribution in [0.1, 0.15) is 6.92 Å². The van der Waals surface area contributed by atoms with Crippen molar-refractivity contribution in [2.75, 3.05) is 13.1 Å². The van der Waals surface area contributed by atoms with E-state index in [9.17, 15) is 9.59 Å². The van der Waals surface area contributed by atoms with Crippen LogP contribution in [-0.2, 0) is 4.79 Å².